The Labute approximate surface area is 137 Å². The molecule has 0 fully saturated rings. The van der Waals surface area contributed by atoms with E-state index >= 15 is 0 Å². The van der Waals surface area contributed by atoms with Crippen molar-refractivity contribution in [2.75, 3.05) is 11.9 Å². The summed E-state index contributed by atoms with van der Waals surface area (Å²) in [5.74, 6) is -1.41. The van der Waals surface area contributed by atoms with Crippen molar-refractivity contribution in [1.29, 1.82) is 0 Å². The van der Waals surface area contributed by atoms with Crippen molar-refractivity contribution in [2.24, 2.45) is 0 Å². The zero-order valence-electron chi connectivity index (χ0n) is 11.3. The number of benzene rings is 1. The summed E-state index contributed by atoms with van der Waals surface area (Å²) in [7, 11) is 0. The maximum atomic E-state index is 11.8. The SMILES string of the molecule is CCCC(NCC(=O)Nc1cc(Cl)c(Cl)cc1Cl)C(=O)O. The van der Waals surface area contributed by atoms with Crippen molar-refractivity contribution < 1.29 is 14.7 Å². The molecule has 0 aliphatic carbocycles. The van der Waals surface area contributed by atoms with Crippen LogP contribution in [0, 0.1) is 0 Å². The second kappa shape index (κ2) is 8.44. The molecule has 0 radical (unpaired) electrons. The van der Waals surface area contributed by atoms with Crippen LogP contribution in [0.5, 0.6) is 0 Å². The number of nitrogens with one attached hydrogen (secondary N) is 2. The van der Waals surface area contributed by atoms with Crippen LogP contribution < -0.4 is 10.6 Å². The number of hydrogen-bond acceptors (Lipinski definition) is 3. The van der Waals surface area contributed by atoms with Crippen molar-refractivity contribution in [2.45, 2.75) is 25.8 Å². The van der Waals surface area contributed by atoms with Gasteiger partial charge in [-0.2, -0.15) is 0 Å². The number of aliphatic carboxylic acids is 1. The van der Waals surface area contributed by atoms with Crippen LogP contribution in [0.25, 0.3) is 0 Å². The highest BCUT2D eigenvalue weighted by Crippen LogP contribution is 2.32. The van der Waals surface area contributed by atoms with Crippen molar-refractivity contribution in [1.82, 2.24) is 5.32 Å². The van der Waals surface area contributed by atoms with E-state index in [9.17, 15) is 9.59 Å². The number of halogens is 3. The molecule has 0 aromatic heterocycles. The first-order valence-electron chi connectivity index (χ1n) is 6.25. The normalized spacial score (nSPS) is 12.0. The molecule has 116 valence electrons. The molecule has 8 heteroatoms. The highest BCUT2D eigenvalue weighted by Gasteiger charge is 2.17. The molecule has 0 aliphatic heterocycles. The van der Waals surface area contributed by atoms with E-state index in [2.05, 4.69) is 10.6 Å². The van der Waals surface area contributed by atoms with Crippen LogP contribution in [-0.2, 0) is 9.59 Å². The lowest BCUT2D eigenvalue weighted by molar-refractivity contribution is -0.139. The smallest absolute Gasteiger partial charge is 0.320 e. The molecule has 1 atom stereocenters. The standard InChI is InChI=1S/C13H15Cl3N2O3/c1-2-3-10(13(20)21)17-6-12(19)18-11-5-8(15)7(14)4-9(11)16/h4-5,10,17H,2-3,6H2,1H3,(H,18,19)(H,20,21). The molecule has 0 spiro atoms. The third-order valence-electron chi connectivity index (χ3n) is 2.67. The molecule has 1 aromatic rings. The van der Waals surface area contributed by atoms with E-state index in [4.69, 9.17) is 39.9 Å². The second-order valence-corrected chi connectivity index (χ2v) is 5.58. The van der Waals surface area contributed by atoms with E-state index in [1.807, 2.05) is 6.92 Å². The molecule has 1 unspecified atom stereocenters. The Hall–Kier alpha value is -1.01. The number of hydrogen-bond donors (Lipinski definition) is 3. The monoisotopic (exact) mass is 352 g/mol. The highest BCUT2D eigenvalue weighted by molar-refractivity contribution is 6.44. The van der Waals surface area contributed by atoms with Crippen LogP contribution in [-0.4, -0.2) is 29.6 Å². The molecule has 0 saturated heterocycles. The van der Waals surface area contributed by atoms with E-state index in [0.29, 0.717) is 18.5 Å². The Kier molecular flexibility index (Phi) is 7.25. The zero-order valence-corrected chi connectivity index (χ0v) is 13.5. The van der Waals surface area contributed by atoms with Gasteiger partial charge in [0.25, 0.3) is 0 Å². The lowest BCUT2D eigenvalue weighted by atomic mass is 10.2. The van der Waals surface area contributed by atoms with Crippen molar-refractivity contribution in [3.05, 3.63) is 27.2 Å². The molecule has 0 aliphatic rings. The van der Waals surface area contributed by atoms with E-state index in [-0.39, 0.29) is 21.6 Å². The number of carboxylic acid groups (broad SMARTS) is 1. The van der Waals surface area contributed by atoms with Crippen LogP contribution in [0.1, 0.15) is 19.8 Å². The molecule has 1 aromatic carbocycles. The Morgan fingerprint density at radius 2 is 1.81 bits per heavy atom. The number of carboxylic acids is 1. The fourth-order valence-corrected chi connectivity index (χ4v) is 2.22. The van der Waals surface area contributed by atoms with Gasteiger partial charge in [0.05, 0.1) is 27.3 Å². The van der Waals surface area contributed by atoms with Gasteiger partial charge in [-0.1, -0.05) is 48.1 Å². The van der Waals surface area contributed by atoms with Crippen LogP contribution in [0.4, 0.5) is 5.69 Å². The first kappa shape index (κ1) is 18.0. The number of carbonyl (C=O) groups excluding carboxylic acids is 1. The third-order valence-corrected chi connectivity index (χ3v) is 3.70. The Morgan fingerprint density at radius 3 is 2.38 bits per heavy atom. The molecule has 0 bridgehead atoms. The number of carbonyl (C=O) groups is 2. The van der Waals surface area contributed by atoms with Gasteiger partial charge in [-0.25, -0.2) is 0 Å². The first-order chi connectivity index (χ1) is 9.85. The van der Waals surface area contributed by atoms with E-state index in [0.717, 1.165) is 0 Å². The van der Waals surface area contributed by atoms with Gasteiger partial charge in [-0.3, -0.25) is 14.9 Å². The number of rotatable bonds is 7. The fraction of sp³-hybridized carbons (Fsp3) is 0.385. The van der Waals surface area contributed by atoms with Crippen molar-refractivity contribution in [3.8, 4) is 0 Å². The first-order valence-corrected chi connectivity index (χ1v) is 7.39. The van der Waals surface area contributed by atoms with Crippen molar-refractivity contribution in [3.63, 3.8) is 0 Å². The van der Waals surface area contributed by atoms with Gasteiger partial charge in [0.1, 0.15) is 6.04 Å². The highest BCUT2D eigenvalue weighted by atomic mass is 35.5. The minimum atomic E-state index is -0.989. The molecule has 0 saturated carbocycles. The molecule has 21 heavy (non-hydrogen) atoms. The molecule has 0 heterocycles. The number of anilines is 1. The van der Waals surface area contributed by atoms with Gasteiger partial charge in [0.15, 0.2) is 0 Å². The van der Waals surface area contributed by atoms with Gasteiger partial charge >= 0.3 is 5.97 Å². The average Bonchev–Trinajstić information content (AvgIpc) is 2.40. The Bertz CT molecular complexity index is 538. The lowest BCUT2D eigenvalue weighted by Crippen LogP contribution is -2.41. The summed E-state index contributed by atoms with van der Waals surface area (Å²) < 4.78 is 0. The third kappa shape index (κ3) is 5.71. The Balaban J connectivity index is 2.62. The molecule has 3 N–H and O–H groups in total. The van der Waals surface area contributed by atoms with Gasteiger partial charge in [0.2, 0.25) is 5.91 Å². The summed E-state index contributed by atoms with van der Waals surface area (Å²) in [6, 6.07) is 2.10. The van der Waals surface area contributed by atoms with Gasteiger partial charge < -0.3 is 10.4 Å². The molecular weight excluding hydrogens is 339 g/mol. The lowest BCUT2D eigenvalue weighted by Gasteiger charge is -2.14. The van der Waals surface area contributed by atoms with E-state index < -0.39 is 17.9 Å². The predicted molar refractivity (Wildman–Crippen MR) is 84.4 cm³/mol. The maximum absolute atomic E-state index is 11.8. The van der Waals surface area contributed by atoms with E-state index in [1.165, 1.54) is 12.1 Å². The fourth-order valence-electron chi connectivity index (χ4n) is 1.63. The van der Waals surface area contributed by atoms with Crippen LogP contribution in [0.3, 0.4) is 0 Å². The minimum absolute atomic E-state index is 0.145. The summed E-state index contributed by atoms with van der Waals surface area (Å²) in [4.78, 5) is 22.7. The van der Waals surface area contributed by atoms with Gasteiger partial charge in [0, 0.05) is 0 Å². The molecule has 1 amide bonds. The van der Waals surface area contributed by atoms with Gasteiger partial charge in [-0.15, -0.1) is 0 Å². The van der Waals surface area contributed by atoms with Crippen LogP contribution in [0.15, 0.2) is 12.1 Å². The molecule has 1 rings (SSSR count). The topological polar surface area (TPSA) is 78.4 Å². The largest absolute Gasteiger partial charge is 0.480 e. The number of amides is 1. The quantitative estimate of drug-likeness (QED) is 0.656. The predicted octanol–water partition coefficient (Wildman–Crippen LogP) is 3.43. The summed E-state index contributed by atoms with van der Waals surface area (Å²) in [5.41, 5.74) is 0.320. The van der Waals surface area contributed by atoms with Crippen LogP contribution in [0.2, 0.25) is 15.1 Å². The minimum Gasteiger partial charge on any atom is -0.480 e. The Morgan fingerprint density at radius 1 is 1.19 bits per heavy atom. The van der Waals surface area contributed by atoms with Gasteiger partial charge in [-0.05, 0) is 18.6 Å². The summed E-state index contributed by atoms with van der Waals surface area (Å²) in [5, 5.41) is 15.0. The summed E-state index contributed by atoms with van der Waals surface area (Å²) >= 11 is 17.6. The summed E-state index contributed by atoms with van der Waals surface area (Å²) in [6.45, 7) is 1.72. The van der Waals surface area contributed by atoms with E-state index in [1.54, 1.807) is 0 Å². The van der Waals surface area contributed by atoms with Crippen LogP contribution >= 0.6 is 34.8 Å². The summed E-state index contributed by atoms with van der Waals surface area (Å²) in [6.07, 6.45) is 1.14. The van der Waals surface area contributed by atoms with Crippen molar-refractivity contribution >= 4 is 52.4 Å². The maximum Gasteiger partial charge on any atom is 0.320 e. The average molecular weight is 354 g/mol. The molecule has 5 nitrogen and oxygen atoms in total. The zero-order chi connectivity index (χ0) is 16.0. The second-order valence-electron chi connectivity index (χ2n) is 4.35. The molecular formula is C13H15Cl3N2O3.